The van der Waals surface area contributed by atoms with E-state index in [-0.39, 0.29) is 0 Å². The first kappa shape index (κ1) is 13.8. The fourth-order valence-corrected chi connectivity index (χ4v) is 2.36. The summed E-state index contributed by atoms with van der Waals surface area (Å²) in [7, 11) is 0. The average Bonchev–Trinajstić information content (AvgIpc) is 2.14. The van der Waals surface area contributed by atoms with Gasteiger partial charge in [-0.25, -0.2) is 0 Å². The van der Waals surface area contributed by atoms with Gasteiger partial charge in [-0.3, -0.25) is 0 Å². The number of allylic oxidation sites excluding steroid dienone is 2. The second-order valence-electron chi connectivity index (χ2n) is 5.27. The molecule has 0 heterocycles. The van der Waals surface area contributed by atoms with E-state index >= 15 is 0 Å². The summed E-state index contributed by atoms with van der Waals surface area (Å²) in [6.45, 7) is 10.5. The molecule has 17 heavy (non-hydrogen) atoms. The second-order valence-corrected chi connectivity index (χ2v) is 5.27. The highest BCUT2D eigenvalue weighted by atomic mass is 16.3. The van der Waals surface area contributed by atoms with Crippen LogP contribution in [0.25, 0.3) is 0 Å². The molecule has 0 fully saturated rings. The minimum absolute atomic E-state index is 0.409. The van der Waals surface area contributed by atoms with Crippen molar-refractivity contribution in [1.82, 2.24) is 0 Å². The maximum Gasteiger partial charge on any atom is 0.119 e. The number of benzene rings is 1. The van der Waals surface area contributed by atoms with Crippen molar-refractivity contribution < 1.29 is 5.11 Å². The van der Waals surface area contributed by atoms with Crippen LogP contribution >= 0.6 is 0 Å². The summed E-state index contributed by atoms with van der Waals surface area (Å²) < 4.78 is 0. The van der Waals surface area contributed by atoms with Crippen LogP contribution in [0.5, 0.6) is 5.75 Å². The van der Waals surface area contributed by atoms with Gasteiger partial charge < -0.3 is 5.11 Å². The van der Waals surface area contributed by atoms with Crippen molar-refractivity contribution in [2.24, 2.45) is 0 Å². The van der Waals surface area contributed by atoms with Crippen LogP contribution in [0.1, 0.15) is 56.2 Å². The highest BCUT2D eigenvalue weighted by Crippen LogP contribution is 2.32. The number of phenols is 1. The standard InChI is InChI=1S/C16H24O/c1-11(2)7-6-8-13(4)16-14(5)9-12(3)10-15(16)17/h7,9-10,13,17H,6,8H2,1-5H3. The SMILES string of the molecule is CC(C)=CCCC(C)c1c(C)cc(C)cc1O. The molecule has 94 valence electrons. The zero-order valence-corrected chi connectivity index (χ0v) is 11.7. The van der Waals surface area contributed by atoms with Crippen LogP contribution in [-0.4, -0.2) is 5.11 Å². The zero-order valence-electron chi connectivity index (χ0n) is 11.7. The van der Waals surface area contributed by atoms with Crippen molar-refractivity contribution in [3.63, 3.8) is 0 Å². The number of aromatic hydroxyl groups is 1. The lowest BCUT2D eigenvalue weighted by Gasteiger charge is -2.16. The van der Waals surface area contributed by atoms with E-state index < -0.39 is 0 Å². The third kappa shape index (κ3) is 3.92. The maximum absolute atomic E-state index is 10.0. The van der Waals surface area contributed by atoms with E-state index in [0.717, 1.165) is 24.0 Å². The van der Waals surface area contributed by atoms with E-state index in [1.165, 1.54) is 11.1 Å². The molecule has 1 N–H and O–H groups in total. The van der Waals surface area contributed by atoms with Gasteiger partial charge in [0, 0.05) is 0 Å². The van der Waals surface area contributed by atoms with Gasteiger partial charge in [0.25, 0.3) is 0 Å². The normalized spacial score (nSPS) is 12.3. The van der Waals surface area contributed by atoms with E-state index in [4.69, 9.17) is 0 Å². The van der Waals surface area contributed by atoms with Crippen molar-refractivity contribution in [3.8, 4) is 5.75 Å². The molecule has 0 bridgehead atoms. The molecule has 1 heteroatoms. The van der Waals surface area contributed by atoms with E-state index in [2.05, 4.69) is 39.8 Å². The Hall–Kier alpha value is -1.24. The van der Waals surface area contributed by atoms with Gasteiger partial charge in [-0.2, -0.15) is 0 Å². The topological polar surface area (TPSA) is 20.2 Å². The summed E-state index contributed by atoms with van der Waals surface area (Å²) >= 11 is 0. The monoisotopic (exact) mass is 232 g/mol. The first-order valence-electron chi connectivity index (χ1n) is 6.35. The predicted octanol–water partition coefficient (Wildman–Crippen LogP) is 4.86. The average molecular weight is 232 g/mol. The van der Waals surface area contributed by atoms with Crippen molar-refractivity contribution in [3.05, 3.63) is 40.5 Å². The van der Waals surface area contributed by atoms with Crippen LogP contribution in [0.3, 0.4) is 0 Å². The van der Waals surface area contributed by atoms with Crippen LogP contribution in [0.2, 0.25) is 0 Å². The van der Waals surface area contributed by atoms with Crippen molar-refractivity contribution in [2.45, 2.75) is 53.4 Å². The Kier molecular flexibility index (Phi) is 4.80. The van der Waals surface area contributed by atoms with Crippen LogP contribution in [0.4, 0.5) is 0 Å². The van der Waals surface area contributed by atoms with Gasteiger partial charge in [-0.05, 0) is 69.2 Å². The Bertz CT molecular complexity index is 389. The molecule has 0 aliphatic carbocycles. The second kappa shape index (κ2) is 5.90. The lowest BCUT2D eigenvalue weighted by Crippen LogP contribution is -1.98. The van der Waals surface area contributed by atoms with Gasteiger partial charge in [-0.15, -0.1) is 0 Å². The third-order valence-corrected chi connectivity index (χ3v) is 3.15. The van der Waals surface area contributed by atoms with Crippen LogP contribution in [0, 0.1) is 13.8 Å². The molecule has 0 saturated carbocycles. The molecule has 0 aliphatic heterocycles. The number of hydrogen-bond donors (Lipinski definition) is 1. The first-order valence-corrected chi connectivity index (χ1v) is 6.35. The highest BCUT2D eigenvalue weighted by molar-refractivity contribution is 5.44. The fourth-order valence-electron chi connectivity index (χ4n) is 2.36. The molecule has 0 aromatic heterocycles. The Morgan fingerprint density at radius 2 is 1.94 bits per heavy atom. The van der Waals surface area contributed by atoms with Gasteiger partial charge in [-0.1, -0.05) is 24.6 Å². The van der Waals surface area contributed by atoms with E-state index in [1.807, 2.05) is 13.0 Å². The van der Waals surface area contributed by atoms with Crippen molar-refractivity contribution >= 4 is 0 Å². The molecule has 1 nitrogen and oxygen atoms in total. The van der Waals surface area contributed by atoms with Crippen molar-refractivity contribution in [2.75, 3.05) is 0 Å². The molecule has 0 saturated heterocycles. The smallest absolute Gasteiger partial charge is 0.119 e. The predicted molar refractivity (Wildman–Crippen MR) is 74.7 cm³/mol. The lowest BCUT2D eigenvalue weighted by molar-refractivity contribution is 0.459. The molecular formula is C16H24O. The molecule has 1 aromatic rings. The molecule has 1 aromatic carbocycles. The summed E-state index contributed by atoms with van der Waals surface area (Å²) in [5.41, 5.74) is 4.80. The molecule has 1 atom stereocenters. The summed E-state index contributed by atoms with van der Waals surface area (Å²) in [6, 6.07) is 4.01. The molecule has 0 amide bonds. The quantitative estimate of drug-likeness (QED) is 0.735. The molecule has 0 radical (unpaired) electrons. The number of hydrogen-bond acceptors (Lipinski definition) is 1. The van der Waals surface area contributed by atoms with Gasteiger partial charge in [0.15, 0.2) is 0 Å². The third-order valence-electron chi connectivity index (χ3n) is 3.15. The number of aryl methyl sites for hydroxylation is 2. The minimum atomic E-state index is 0.409. The number of rotatable bonds is 4. The Morgan fingerprint density at radius 1 is 1.29 bits per heavy atom. The summed E-state index contributed by atoms with van der Waals surface area (Å²) in [5, 5.41) is 10.0. The summed E-state index contributed by atoms with van der Waals surface area (Å²) in [4.78, 5) is 0. The highest BCUT2D eigenvalue weighted by Gasteiger charge is 2.13. The zero-order chi connectivity index (χ0) is 13.0. The maximum atomic E-state index is 10.0. The molecule has 1 unspecified atom stereocenters. The molecule has 0 spiro atoms. The largest absolute Gasteiger partial charge is 0.508 e. The van der Waals surface area contributed by atoms with Crippen LogP contribution in [-0.2, 0) is 0 Å². The Morgan fingerprint density at radius 3 is 2.47 bits per heavy atom. The molecule has 1 rings (SSSR count). The van der Waals surface area contributed by atoms with Gasteiger partial charge >= 0.3 is 0 Å². The van der Waals surface area contributed by atoms with Gasteiger partial charge in [0.2, 0.25) is 0 Å². The molecular weight excluding hydrogens is 208 g/mol. The minimum Gasteiger partial charge on any atom is -0.508 e. The first-order chi connectivity index (χ1) is 7.91. The van der Waals surface area contributed by atoms with Gasteiger partial charge in [0.1, 0.15) is 5.75 Å². The fraction of sp³-hybridized carbons (Fsp3) is 0.500. The summed E-state index contributed by atoms with van der Waals surface area (Å²) in [5.74, 6) is 0.860. The Labute approximate surface area is 105 Å². The van der Waals surface area contributed by atoms with E-state index in [0.29, 0.717) is 11.7 Å². The number of phenolic OH excluding ortho intramolecular Hbond substituents is 1. The molecule has 0 aliphatic rings. The van der Waals surface area contributed by atoms with Gasteiger partial charge in [0.05, 0.1) is 0 Å². The Balaban J connectivity index is 2.82. The lowest BCUT2D eigenvalue weighted by atomic mass is 9.90. The summed E-state index contributed by atoms with van der Waals surface area (Å²) in [6.07, 6.45) is 4.43. The van der Waals surface area contributed by atoms with Crippen molar-refractivity contribution in [1.29, 1.82) is 0 Å². The van der Waals surface area contributed by atoms with Crippen LogP contribution < -0.4 is 0 Å². The van der Waals surface area contributed by atoms with Crippen LogP contribution in [0.15, 0.2) is 23.8 Å². The van der Waals surface area contributed by atoms with E-state index in [1.54, 1.807) is 0 Å². The van der Waals surface area contributed by atoms with E-state index in [9.17, 15) is 5.11 Å².